The zero-order chi connectivity index (χ0) is 13.7. The molecule has 0 unspecified atom stereocenters. The lowest BCUT2D eigenvalue weighted by Gasteiger charge is -2.08. The minimum absolute atomic E-state index is 0.0439. The highest BCUT2D eigenvalue weighted by Gasteiger charge is 2.09. The lowest BCUT2D eigenvalue weighted by Crippen LogP contribution is -2.23. The molecule has 102 valence electrons. The van der Waals surface area contributed by atoms with Gasteiger partial charge >= 0.3 is 0 Å². The van der Waals surface area contributed by atoms with Crippen LogP contribution >= 0.6 is 11.3 Å². The highest BCUT2D eigenvalue weighted by atomic mass is 32.1. The Morgan fingerprint density at radius 1 is 1.53 bits per heavy atom. The van der Waals surface area contributed by atoms with Gasteiger partial charge in [0.05, 0.1) is 30.1 Å². The van der Waals surface area contributed by atoms with Gasteiger partial charge in [-0.3, -0.25) is 4.79 Å². The summed E-state index contributed by atoms with van der Waals surface area (Å²) in [5, 5.41) is 2.90. The maximum Gasteiger partial charge on any atom is 0.261 e. The molecule has 0 aliphatic rings. The van der Waals surface area contributed by atoms with Gasteiger partial charge in [-0.25, -0.2) is 4.98 Å². The molecule has 0 aliphatic carbocycles. The zero-order valence-electron chi connectivity index (χ0n) is 11.0. The van der Waals surface area contributed by atoms with Gasteiger partial charge in [-0.2, -0.15) is 0 Å². The molecule has 5 nitrogen and oxygen atoms in total. The van der Waals surface area contributed by atoms with E-state index in [1.54, 1.807) is 19.6 Å². The summed E-state index contributed by atoms with van der Waals surface area (Å²) in [6, 6.07) is 3.79. The van der Waals surface area contributed by atoms with Crippen LogP contribution in [0.4, 0.5) is 0 Å². The Hall–Kier alpha value is -1.66. The molecule has 6 heteroatoms. The van der Waals surface area contributed by atoms with E-state index in [0.29, 0.717) is 13.2 Å². The minimum atomic E-state index is -0.0439. The molecule has 0 bridgehead atoms. The van der Waals surface area contributed by atoms with Gasteiger partial charge in [0, 0.05) is 24.7 Å². The average molecular weight is 279 g/mol. The normalized spacial score (nSPS) is 10.6. The first-order chi connectivity index (χ1) is 9.20. The minimum Gasteiger partial charge on any atom is -0.383 e. The van der Waals surface area contributed by atoms with Gasteiger partial charge in [0.15, 0.2) is 0 Å². The van der Waals surface area contributed by atoms with E-state index in [4.69, 9.17) is 4.74 Å². The summed E-state index contributed by atoms with van der Waals surface area (Å²) in [5.41, 5.74) is 0.971. The zero-order valence-corrected chi connectivity index (χ0v) is 11.9. The van der Waals surface area contributed by atoms with Crippen molar-refractivity contribution in [2.45, 2.75) is 20.0 Å². The first-order valence-electron chi connectivity index (χ1n) is 6.03. The van der Waals surface area contributed by atoms with E-state index < -0.39 is 0 Å². The Morgan fingerprint density at radius 2 is 2.37 bits per heavy atom. The molecule has 19 heavy (non-hydrogen) atoms. The number of aryl methyl sites for hydroxylation is 1. The molecule has 2 aromatic heterocycles. The van der Waals surface area contributed by atoms with Gasteiger partial charge in [-0.1, -0.05) is 0 Å². The number of thiophene rings is 1. The lowest BCUT2D eigenvalue weighted by atomic mass is 10.4. The van der Waals surface area contributed by atoms with Gasteiger partial charge in [0.2, 0.25) is 0 Å². The van der Waals surface area contributed by atoms with Crippen molar-refractivity contribution in [1.82, 2.24) is 14.9 Å². The highest BCUT2D eigenvalue weighted by Crippen LogP contribution is 2.14. The fourth-order valence-electron chi connectivity index (χ4n) is 1.70. The maximum atomic E-state index is 11.9. The quantitative estimate of drug-likeness (QED) is 0.877. The van der Waals surface area contributed by atoms with E-state index in [0.717, 1.165) is 22.0 Å². The first kappa shape index (κ1) is 13.8. The van der Waals surface area contributed by atoms with Crippen LogP contribution in [0.15, 0.2) is 24.7 Å². The standard InChI is InChI=1S/C13H17N3O2S/c1-10-3-4-12(19-10)13(17)15-8-11-7-14-9-16(11)5-6-18-2/h3-4,7,9H,5-6,8H2,1-2H3,(H,15,17). The van der Waals surface area contributed by atoms with Crippen molar-refractivity contribution < 1.29 is 9.53 Å². The van der Waals surface area contributed by atoms with Crippen LogP contribution in [0.1, 0.15) is 20.2 Å². The van der Waals surface area contributed by atoms with Crippen LogP contribution in [-0.2, 0) is 17.8 Å². The predicted octanol–water partition coefficient (Wildman–Crippen LogP) is 1.83. The molecule has 0 fully saturated rings. The number of hydrogen-bond acceptors (Lipinski definition) is 4. The Kier molecular flexibility index (Phi) is 4.70. The van der Waals surface area contributed by atoms with E-state index >= 15 is 0 Å². The van der Waals surface area contributed by atoms with E-state index in [1.165, 1.54) is 11.3 Å². The SMILES string of the molecule is COCCn1cncc1CNC(=O)c1ccc(C)s1. The number of aromatic nitrogens is 2. The maximum absolute atomic E-state index is 11.9. The number of nitrogens with one attached hydrogen (secondary N) is 1. The molecule has 2 aromatic rings. The van der Waals surface area contributed by atoms with Crippen LogP contribution in [0.5, 0.6) is 0 Å². The molecule has 0 spiro atoms. The van der Waals surface area contributed by atoms with Crippen LogP contribution in [0.25, 0.3) is 0 Å². The van der Waals surface area contributed by atoms with E-state index in [9.17, 15) is 4.79 Å². The summed E-state index contributed by atoms with van der Waals surface area (Å²) >= 11 is 1.50. The fourth-order valence-corrected chi connectivity index (χ4v) is 2.48. The third kappa shape index (κ3) is 3.65. The molecule has 0 aromatic carbocycles. The first-order valence-corrected chi connectivity index (χ1v) is 6.85. The molecular formula is C13H17N3O2S. The molecule has 0 aliphatic heterocycles. The number of rotatable bonds is 6. The Morgan fingerprint density at radius 3 is 3.05 bits per heavy atom. The van der Waals surface area contributed by atoms with E-state index in [1.807, 2.05) is 23.6 Å². The van der Waals surface area contributed by atoms with Gasteiger partial charge < -0.3 is 14.6 Å². The van der Waals surface area contributed by atoms with Crippen molar-refractivity contribution in [3.8, 4) is 0 Å². The van der Waals surface area contributed by atoms with E-state index in [2.05, 4.69) is 10.3 Å². The largest absolute Gasteiger partial charge is 0.383 e. The van der Waals surface area contributed by atoms with Gasteiger partial charge in [0.25, 0.3) is 5.91 Å². The number of ether oxygens (including phenoxy) is 1. The molecule has 0 saturated heterocycles. The van der Waals surface area contributed by atoms with Crippen molar-refractivity contribution in [2.75, 3.05) is 13.7 Å². The second-order valence-electron chi connectivity index (χ2n) is 4.16. The lowest BCUT2D eigenvalue weighted by molar-refractivity contribution is 0.0954. The summed E-state index contributed by atoms with van der Waals surface area (Å²) in [4.78, 5) is 17.9. The predicted molar refractivity (Wildman–Crippen MR) is 74.3 cm³/mol. The summed E-state index contributed by atoms with van der Waals surface area (Å²) in [6.07, 6.45) is 3.51. The second-order valence-corrected chi connectivity index (χ2v) is 5.45. The number of imidazole rings is 1. The van der Waals surface area contributed by atoms with E-state index in [-0.39, 0.29) is 5.91 Å². The average Bonchev–Trinajstić information content (AvgIpc) is 3.02. The Balaban J connectivity index is 1.91. The third-order valence-corrected chi connectivity index (χ3v) is 3.73. The molecule has 0 atom stereocenters. The van der Waals surface area contributed by atoms with Crippen LogP contribution in [0, 0.1) is 6.92 Å². The summed E-state index contributed by atoms with van der Waals surface area (Å²) in [5.74, 6) is -0.0439. The van der Waals surface area contributed by atoms with Gasteiger partial charge in [-0.15, -0.1) is 11.3 Å². The summed E-state index contributed by atoms with van der Waals surface area (Å²) in [6.45, 7) is 3.82. The molecule has 1 N–H and O–H groups in total. The summed E-state index contributed by atoms with van der Waals surface area (Å²) < 4.78 is 7.01. The second kappa shape index (κ2) is 6.49. The number of amides is 1. The van der Waals surface area contributed by atoms with Crippen molar-refractivity contribution in [1.29, 1.82) is 0 Å². The Bertz CT molecular complexity index is 548. The van der Waals surface area contributed by atoms with Crippen LogP contribution in [0.2, 0.25) is 0 Å². The van der Waals surface area contributed by atoms with Crippen molar-refractivity contribution in [3.05, 3.63) is 40.1 Å². The number of methoxy groups -OCH3 is 1. The smallest absolute Gasteiger partial charge is 0.261 e. The van der Waals surface area contributed by atoms with Crippen molar-refractivity contribution in [3.63, 3.8) is 0 Å². The highest BCUT2D eigenvalue weighted by molar-refractivity contribution is 7.13. The Labute approximate surface area is 116 Å². The number of hydrogen-bond donors (Lipinski definition) is 1. The molecule has 1 amide bonds. The topological polar surface area (TPSA) is 56.1 Å². The van der Waals surface area contributed by atoms with Crippen LogP contribution < -0.4 is 5.32 Å². The van der Waals surface area contributed by atoms with Crippen molar-refractivity contribution >= 4 is 17.2 Å². The number of carbonyl (C=O) groups is 1. The third-order valence-electron chi connectivity index (χ3n) is 2.73. The number of nitrogens with zero attached hydrogens (tertiary/aromatic N) is 2. The molecular weight excluding hydrogens is 262 g/mol. The molecule has 0 radical (unpaired) electrons. The van der Waals surface area contributed by atoms with Crippen LogP contribution in [-0.4, -0.2) is 29.2 Å². The van der Waals surface area contributed by atoms with Crippen LogP contribution in [0.3, 0.4) is 0 Å². The summed E-state index contributed by atoms with van der Waals surface area (Å²) in [7, 11) is 1.66. The molecule has 2 heterocycles. The number of carbonyl (C=O) groups excluding carboxylic acids is 1. The fraction of sp³-hybridized carbons (Fsp3) is 0.385. The molecule has 2 rings (SSSR count). The van der Waals surface area contributed by atoms with Gasteiger partial charge in [-0.05, 0) is 19.1 Å². The van der Waals surface area contributed by atoms with Gasteiger partial charge in [0.1, 0.15) is 0 Å². The van der Waals surface area contributed by atoms with Crippen molar-refractivity contribution in [2.24, 2.45) is 0 Å². The monoisotopic (exact) mass is 279 g/mol. The molecule has 0 saturated carbocycles.